The highest BCUT2D eigenvalue weighted by atomic mass is 16.1. The van der Waals surface area contributed by atoms with Crippen LogP contribution >= 0.6 is 0 Å². The second-order valence-electron chi connectivity index (χ2n) is 4.63. The van der Waals surface area contributed by atoms with Crippen molar-refractivity contribution in [2.45, 2.75) is 46.0 Å². The molecule has 0 aromatic carbocycles. The van der Waals surface area contributed by atoms with Crippen LogP contribution in [-0.4, -0.2) is 5.78 Å². The van der Waals surface area contributed by atoms with E-state index in [-0.39, 0.29) is 5.41 Å². The van der Waals surface area contributed by atoms with E-state index in [4.69, 9.17) is 0 Å². The average Bonchev–Trinajstić information content (AvgIpc) is 2.16. The van der Waals surface area contributed by atoms with Crippen LogP contribution in [0.4, 0.5) is 0 Å². The third-order valence-corrected chi connectivity index (χ3v) is 4.22. The summed E-state index contributed by atoms with van der Waals surface area (Å²) >= 11 is 0. The molecular formula is C11H18O. The standard InChI is InChI=1S/C11H18O/c1-3-11(2)9-7-5-4-6-8(9)10(11)12/h8-9H,3-7H2,1-2H3. The molecule has 68 valence electrons. The first-order chi connectivity index (χ1) is 5.70. The third kappa shape index (κ3) is 0.826. The highest BCUT2D eigenvalue weighted by Crippen LogP contribution is 2.55. The predicted octanol–water partition coefficient (Wildman–Crippen LogP) is 2.79. The van der Waals surface area contributed by atoms with Gasteiger partial charge >= 0.3 is 0 Å². The zero-order valence-electron chi connectivity index (χ0n) is 8.10. The van der Waals surface area contributed by atoms with Crippen LogP contribution in [-0.2, 0) is 4.79 Å². The Hall–Kier alpha value is -0.330. The molecule has 0 spiro atoms. The molecule has 2 aliphatic rings. The topological polar surface area (TPSA) is 17.1 Å². The number of Topliss-reactive ketones (excluding diaryl/α,β-unsaturated/α-hetero) is 1. The van der Waals surface area contributed by atoms with Gasteiger partial charge in [-0.2, -0.15) is 0 Å². The fourth-order valence-corrected chi connectivity index (χ4v) is 3.15. The van der Waals surface area contributed by atoms with E-state index in [1.165, 1.54) is 25.7 Å². The molecule has 0 saturated heterocycles. The maximum absolute atomic E-state index is 11.7. The van der Waals surface area contributed by atoms with Crippen LogP contribution in [0.2, 0.25) is 0 Å². The van der Waals surface area contributed by atoms with Gasteiger partial charge in [-0.1, -0.05) is 26.7 Å². The molecule has 0 amide bonds. The number of ketones is 1. The van der Waals surface area contributed by atoms with Crippen molar-refractivity contribution in [2.75, 3.05) is 0 Å². The molecule has 0 bridgehead atoms. The van der Waals surface area contributed by atoms with Gasteiger partial charge < -0.3 is 0 Å². The Morgan fingerprint density at radius 2 is 2.08 bits per heavy atom. The average molecular weight is 166 g/mol. The number of fused-ring (bicyclic) bond motifs is 1. The molecule has 0 N–H and O–H groups in total. The van der Waals surface area contributed by atoms with Crippen LogP contribution < -0.4 is 0 Å². The van der Waals surface area contributed by atoms with Gasteiger partial charge in [0.25, 0.3) is 0 Å². The highest BCUT2D eigenvalue weighted by molar-refractivity contribution is 5.93. The summed E-state index contributed by atoms with van der Waals surface area (Å²) in [6.07, 6.45) is 6.17. The Bertz CT molecular complexity index is 209. The second-order valence-corrected chi connectivity index (χ2v) is 4.63. The largest absolute Gasteiger partial charge is 0.299 e. The van der Waals surface area contributed by atoms with Gasteiger partial charge in [-0.3, -0.25) is 4.79 Å². The minimum absolute atomic E-state index is 0.0745. The summed E-state index contributed by atoms with van der Waals surface area (Å²) in [4.78, 5) is 11.7. The molecule has 12 heavy (non-hydrogen) atoms. The molecule has 2 rings (SSSR count). The number of carbonyl (C=O) groups excluding carboxylic acids is 1. The number of hydrogen-bond acceptors (Lipinski definition) is 1. The Morgan fingerprint density at radius 1 is 1.42 bits per heavy atom. The van der Waals surface area contributed by atoms with Gasteiger partial charge in [0.15, 0.2) is 0 Å². The number of carbonyl (C=O) groups is 1. The SMILES string of the molecule is CCC1(C)C(=O)C2CCCCC21. The Kier molecular flexibility index (Phi) is 1.78. The number of rotatable bonds is 1. The lowest BCUT2D eigenvalue weighted by Crippen LogP contribution is -2.56. The summed E-state index contributed by atoms with van der Waals surface area (Å²) < 4.78 is 0. The van der Waals surface area contributed by atoms with E-state index in [0.717, 1.165) is 12.3 Å². The molecular weight excluding hydrogens is 148 g/mol. The molecule has 0 heterocycles. The molecule has 1 nitrogen and oxygen atoms in total. The summed E-state index contributed by atoms with van der Waals surface area (Å²) in [7, 11) is 0. The van der Waals surface area contributed by atoms with Gasteiger partial charge in [-0.25, -0.2) is 0 Å². The minimum atomic E-state index is 0.0745. The van der Waals surface area contributed by atoms with E-state index >= 15 is 0 Å². The fourth-order valence-electron chi connectivity index (χ4n) is 3.15. The first-order valence-corrected chi connectivity index (χ1v) is 5.24. The molecule has 2 fully saturated rings. The molecule has 3 atom stereocenters. The molecule has 0 aromatic heterocycles. The van der Waals surface area contributed by atoms with Gasteiger partial charge in [-0.15, -0.1) is 0 Å². The maximum atomic E-state index is 11.7. The van der Waals surface area contributed by atoms with Gasteiger partial charge in [0, 0.05) is 11.3 Å². The van der Waals surface area contributed by atoms with Crippen LogP contribution in [0.5, 0.6) is 0 Å². The van der Waals surface area contributed by atoms with Crippen molar-refractivity contribution in [3.05, 3.63) is 0 Å². The summed E-state index contributed by atoms with van der Waals surface area (Å²) in [5.41, 5.74) is 0.0745. The van der Waals surface area contributed by atoms with Crippen LogP contribution in [0, 0.1) is 17.3 Å². The lowest BCUT2D eigenvalue weighted by molar-refractivity contribution is -0.159. The lowest BCUT2D eigenvalue weighted by Gasteiger charge is -2.53. The van der Waals surface area contributed by atoms with Gasteiger partial charge in [-0.05, 0) is 25.2 Å². The monoisotopic (exact) mass is 166 g/mol. The molecule has 2 saturated carbocycles. The van der Waals surface area contributed by atoms with Crippen molar-refractivity contribution in [1.29, 1.82) is 0 Å². The van der Waals surface area contributed by atoms with Crippen molar-refractivity contribution in [3.63, 3.8) is 0 Å². The van der Waals surface area contributed by atoms with E-state index < -0.39 is 0 Å². The maximum Gasteiger partial charge on any atom is 0.142 e. The summed E-state index contributed by atoms with van der Waals surface area (Å²) in [6.45, 7) is 4.32. The molecule has 0 aromatic rings. The van der Waals surface area contributed by atoms with Crippen LogP contribution in [0.15, 0.2) is 0 Å². The zero-order valence-corrected chi connectivity index (χ0v) is 8.10. The van der Waals surface area contributed by atoms with Crippen molar-refractivity contribution in [2.24, 2.45) is 17.3 Å². The van der Waals surface area contributed by atoms with E-state index in [9.17, 15) is 4.79 Å². The van der Waals surface area contributed by atoms with Crippen LogP contribution in [0.3, 0.4) is 0 Å². The molecule has 3 unspecified atom stereocenters. The quantitative estimate of drug-likeness (QED) is 0.585. The van der Waals surface area contributed by atoms with Gasteiger partial charge in [0.1, 0.15) is 5.78 Å². The predicted molar refractivity (Wildman–Crippen MR) is 48.9 cm³/mol. The Balaban J connectivity index is 2.15. The summed E-state index contributed by atoms with van der Waals surface area (Å²) in [6, 6.07) is 0. The lowest BCUT2D eigenvalue weighted by atomic mass is 9.48. The second kappa shape index (κ2) is 2.58. The first-order valence-electron chi connectivity index (χ1n) is 5.24. The van der Waals surface area contributed by atoms with Crippen LogP contribution in [0.1, 0.15) is 46.0 Å². The van der Waals surface area contributed by atoms with Crippen molar-refractivity contribution >= 4 is 5.78 Å². The van der Waals surface area contributed by atoms with E-state index in [0.29, 0.717) is 11.7 Å². The smallest absolute Gasteiger partial charge is 0.142 e. The molecule has 2 aliphatic carbocycles. The normalized spacial score (nSPS) is 46.7. The summed E-state index contributed by atoms with van der Waals surface area (Å²) in [5, 5.41) is 0. The third-order valence-electron chi connectivity index (χ3n) is 4.22. The number of hydrogen-bond donors (Lipinski definition) is 0. The minimum Gasteiger partial charge on any atom is -0.299 e. The molecule has 0 aliphatic heterocycles. The zero-order chi connectivity index (χ0) is 8.77. The van der Waals surface area contributed by atoms with Crippen molar-refractivity contribution in [3.8, 4) is 0 Å². The first kappa shape index (κ1) is 8.28. The van der Waals surface area contributed by atoms with Crippen molar-refractivity contribution < 1.29 is 4.79 Å². The Morgan fingerprint density at radius 3 is 2.75 bits per heavy atom. The van der Waals surface area contributed by atoms with Crippen LogP contribution in [0.25, 0.3) is 0 Å². The highest BCUT2D eigenvalue weighted by Gasteiger charge is 2.57. The van der Waals surface area contributed by atoms with E-state index in [1.54, 1.807) is 0 Å². The fraction of sp³-hybridized carbons (Fsp3) is 0.909. The van der Waals surface area contributed by atoms with Crippen molar-refractivity contribution in [1.82, 2.24) is 0 Å². The van der Waals surface area contributed by atoms with Gasteiger partial charge in [0.05, 0.1) is 0 Å². The van der Waals surface area contributed by atoms with E-state index in [1.807, 2.05) is 0 Å². The Labute approximate surface area is 74.5 Å². The van der Waals surface area contributed by atoms with Gasteiger partial charge in [0.2, 0.25) is 0 Å². The summed E-state index contributed by atoms with van der Waals surface area (Å²) in [5.74, 6) is 1.77. The molecule has 1 heteroatoms. The molecule has 0 radical (unpaired) electrons. The van der Waals surface area contributed by atoms with E-state index in [2.05, 4.69) is 13.8 Å².